The second kappa shape index (κ2) is 2.58. The molecule has 0 aromatic carbocycles. The van der Waals surface area contributed by atoms with E-state index in [9.17, 15) is 0 Å². The molecule has 0 fully saturated rings. The third-order valence-electron chi connectivity index (χ3n) is 1.49. The van der Waals surface area contributed by atoms with Crippen LogP contribution in [0.1, 0.15) is 11.8 Å². The quantitative estimate of drug-likeness (QED) is 0.701. The minimum Gasteiger partial charge on any atom is -0.425 e. The maximum atomic E-state index is 5.53. The van der Waals surface area contributed by atoms with Gasteiger partial charge < -0.3 is 14.6 Å². The van der Waals surface area contributed by atoms with Crippen molar-refractivity contribution in [3.05, 3.63) is 11.8 Å². The van der Waals surface area contributed by atoms with Gasteiger partial charge in [-0.3, -0.25) is 0 Å². The molecule has 2 heterocycles. The Kier molecular flexibility index (Phi) is 1.54. The molecule has 6 heteroatoms. The average Bonchev–Trinajstić information content (AvgIpc) is 2.58. The lowest BCUT2D eigenvalue weighted by atomic mass is 10.4. The summed E-state index contributed by atoms with van der Waals surface area (Å²) in [7, 11) is 0. The van der Waals surface area contributed by atoms with Crippen molar-refractivity contribution in [2.24, 2.45) is 0 Å². The summed E-state index contributed by atoms with van der Waals surface area (Å²) in [5.74, 6) is 1.42. The Balaban J connectivity index is 2.51. The van der Waals surface area contributed by atoms with Gasteiger partial charge in [0.05, 0.1) is 0 Å². The summed E-state index contributed by atoms with van der Waals surface area (Å²) in [6.45, 7) is 3.39. The second-order valence-electron chi connectivity index (χ2n) is 2.57. The summed E-state index contributed by atoms with van der Waals surface area (Å²) in [4.78, 5) is 4.01. The predicted molar refractivity (Wildman–Crippen MR) is 43.7 cm³/mol. The number of nitrogens with zero attached hydrogens (tertiary/aromatic N) is 3. The number of nitrogen functional groups attached to an aromatic ring is 1. The molecule has 2 rings (SSSR count). The maximum Gasteiger partial charge on any atom is 0.271 e. The molecular formula is C7H8N4O2. The van der Waals surface area contributed by atoms with Crippen LogP contribution < -0.4 is 5.73 Å². The van der Waals surface area contributed by atoms with Gasteiger partial charge in [0.1, 0.15) is 0 Å². The first kappa shape index (κ1) is 7.78. The van der Waals surface area contributed by atoms with Crippen molar-refractivity contribution in [1.82, 2.24) is 15.2 Å². The minimum absolute atomic E-state index is 0.196. The van der Waals surface area contributed by atoms with Crippen LogP contribution in [0, 0.1) is 13.8 Å². The molecule has 0 saturated carbocycles. The summed E-state index contributed by atoms with van der Waals surface area (Å²) in [5, 5.41) is 7.43. The zero-order valence-electron chi connectivity index (χ0n) is 7.24. The van der Waals surface area contributed by atoms with E-state index in [0.717, 1.165) is 0 Å². The normalized spacial score (nSPS) is 10.6. The molecule has 13 heavy (non-hydrogen) atoms. The van der Waals surface area contributed by atoms with E-state index in [-0.39, 0.29) is 11.8 Å². The monoisotopic (exact) mass is 180 g/mol. The number of nitrogens with two attached hydrogens (primary N) is 1. The fourth-order valence-corrected chi connectivity index (χ4v) is 0.988. The Labute approximate surface area is 73.8 Å². The Morgan fingerprint density at radius 2 is 1.85 bits per heavy atom. The van der Waals surface area contributed by atoms with E-state index in [1.807, 2.05) is 0 Å². The van der Waals surface area contributed by atoms with Gasteiger partial charge in [0.2, 0.25) is 11.8 Å². The van der Waals surface area contributed by atoms with Gasteiger partial charge >= 0.3 is 0 Å². The van der Waals surface area contributed by atoms with Crippen LogP contribution in [0.5, 0.6) is 0 Å². The minimum atomic E-state index is 0.196. The Hall–Kier alpha value is -1.85. The maximum absolute atomic E-state index is 5.53. The number of aromatic nitrogens is 3. The van der Waals surface area contributed by atoms with Crippen molar-refractivity contribution in [2.75, 3.05) is 5.73 Å². The van der Waals surface area contributed by atoms with Gasteiger partial charge in [0, 0.05) is 13.8 Å². The number of oxazole rings is 1. The molecule has 2 N–H and O–H groups in total. The first-order valence-electron chi connectivity index (χ1n) is 3.70. The van der Waals surface area contributed by atoms with Crippen LogP contribution in [-0.4, -0.2) is 15.2 Å². The fourth-order valence-electron chi connectivity index (χ4n) is 0.988. The Bertz CT molecular complexity index is 431. The van der Waals surface area contributed by atoms with Gasteiger partial charge in [-0.25, -0.2) is 4.98 Å². The molecule has 6 nitrogen and oxygen atoms in total. The first-order chi connectivity index (χ1) is 6.16. The predicted octanol–water partition coefficient (Wildman–Crippen LogP) is 0.924. The fraction of sp³-hybridized carbons (Fsp3) is 0.286. The molecular weight excluding hydrogens is 172 g/mol. The van der Waals surface area contributed by atoms with Crippen molar-refractivity contribution in [3.8, 4) is 11.6 Å². The van der Waals surface area contributed by atoms with E-state index in [1.165, 1.54) is 0 Å². The number of aryl methyl sites for hydroxylation is 2. The van der Waals surface area contributed by atoms with E-state index in [2.05, 4.69) is 15.2 Å². The third kappa shape index (κ3) is 1.26. The molecule has 0 radical (unpaired) electrons. The Morgan fingerprint density at radius 1 is 1.08 bits per heavy atom. The van der Waals surface area contributed by atoms with Gasteiger partial charge in [0.15, 0.2) is 11.6 Å². The highest BCUT2D eigenvalue weighted by Crippen LogP contribution is 2.23. The smallest absolute Gasteiger partial charge is 0.271 e. The standard InChI is InChI=1S/C7H8N4O2/c1-3-9-5(6(8)12-3)7-11-10-4(2)13-7/h8H2,1-2H3. The number of hydrogen-bond donors (Lipinski definition) is 1. The lowest BCUT2D eigenvalue weighted by Crippen LogP contribution is -1.86. The molecule has 0 aliphatic rings. The molecule has 0 atom stereocenters. The molecule has 0 saturated heterocycles. The molecule has 0 aliphatic carbocycles. The summed E-state index contributed by atoms with van der Waals surface area (Å²) < 4.78 is 10.2. The lowest BCUT2D eigenvalue weighted by Gasteiger charge is -1.85. The number of hydrogen-bond acceptors (Lipinski definition) is 6. The van der Waals surface area contributed by atoms with Gasteiger partial charge in [-0.05, 0) is 0 Å². The molecule has 2 aromatic rings. The van der Waals surface area contributed by atoms with Crippen molar-refractivity contribution in [3.63, 3.8) is 0 Å². The van der Waals surface area contributed by atoms with E-state index in [0.29, 0.717) is 17.5 Å². The van der Waals surface area contributed by atoms with Crippen LogP contribution in [0.3, 0.4) is 0 Å². The molecule has 2 aromatic heterocycles. The van der Waals surface area contributed by atoms with Crippen LogP contribution in [0.25, 0.3) is 11.6 Å². The summed E-state index contributed by atoms with van der Waals surface area (Å²) in [6.07, 6.45) is 0. The van der Waals surface area contributed by atoms with Crippen LogP contribution in [0.2, 0.25) is 0 Å². The molecule has 68 valence electrons. The van der Waals surface area contributed by atoms with E-state index in [4.69, 9.17) is 14.6 Å². The zero-order chi connectivity index (χ0) is 9.42. The van der Waals surface area contributed by atoms with Crippen molar-refractivity contribution in [1.29, 1.82) is 0 Å². The SMILES string of the molecule is Cc1nnc(-c2nc(C)oc2N)o1. The van der Waals surface area contributed by atoms with Crippen LogP contribution in [-0.2, 0) is 0 Å². The van der Waals surface area contributed by atoms with Crippen LogP contribution in [0.15, 0.2) is 8.83 Å². The first-order valence-corrected chi connectivity index (χ1v) is 3.70. The molecule has 0 unspecified atom stereocenters. The average molecular weight is 180 g/mol. The second-order valence-corrected chi connectivity index (χ2v) is 2.57. The summed E-state index contributed by atoms with van der Waals surface area (Å²) in [5.41, 5.74) is 5.93. The van der Waals surface area contributed by atoms with Gasteiger partial charge in [0.25, 0.3) is 5.89 Å². The van der Waals surface area contributed by atoms with Crippen molar-refractivity contribution in [2.45, 2.75) is 13.8 Å². The van der Waals surface area contributed by atoms with Crippen molar-refractivity contribution < 1.29 is 8.83 Å². The van der Waals surface area contributed by atoms with Crippen molar-refractivity contribution >= 4 is 5.88 Å². The van der Waals surface area contributed by atoms with Crippen LogP contribution in [0.4, 0.5) is 5.88 Å². The van der Waals surface area contributed by atoms with Gasteiger partial charge in [-0.2, -0.15) is 0 Å². The number of anilines is 1. The topological polar surface area (TPSA) is 91.0 Å². The summed E-state index contributed by atoms with van der Waals surface area (Å²) in [6, 6.07) is 0. The molecule has 0 aliphatic heterocycles. The number of rotatable bonds is 1. The largest absolute Gasteiger partial charge is 0.425 e. The Morgan fingerprint density at radius 3 is 2.31 bits per heavy atom. The summed E-state index contributed by atoms with van der Waals surface area (Å²) >= 11 is 0. The molecule has 0 amide bonds. The molecule has 0 spiro atoms. The highest BCUT2D eigenvalue weighted by Gasteiger charge is 2.15. The van der Waals surface area contributed by atoms with Gasteiger partial charge in [-0.15, -0.1) is 10.2 Å². The van der Waals surface area contributed by atoms with E-state index < -0.39 is 0 Å². The van der Waals surface area contributed by atoms with Crippen LogP contribution >= 0.6 is 0 Å². The lowest BCUT2D eigenvalue weighted by molar-refractivity contribution is 0.529. The highest BCUT2D eigenvalue weighted by molar-refractivity contribution is 5.60. The van der Waals surface area contributed by atoms with E-state index >= 15 is 0 Å². The van der Waals surface area contributed by atoms with Gasteiger partial charge in [-0.1, -0.05) is 0 Å². The highest BCUT2D eigenvalue weighted by atomic mass is 16.4. The van der Waals surface area contributed by atoms with E-state index in [1.54, 1.807) is 13.8 Å². The molecule has 0 bridgehead atoms. The zero-order valence-corrected chi connectivity index (χ0v) is 7.24. The third-order valence-corrected chi connectivity index (χ3v) is 1.49.